The number of rotatable bonds is 1. The molecule has 90 valence electrons. The molecule has 0 amide bonds. The standard InChI is InChI=1S/C6H10N2O2.C2H4N2O2/c9-7-5-3-1-2-4-6(5)8-10;5-3-1-2-4-6/h9-10H,1-4H2;1-2,5-6H. The van der Waals surface area contributed by atoms with Crippen molar-refractivity contribution < 1.29 is 20.8 Å². The Balaban J connectivity index is 0.000000325. The molecule has 0 saturated heterocycles. The minimum absolute atomic E-state index is 0.522. The van der Waals surface area contributed by atoms with E-state index in [2.05, 4.69) is 20.6 Å². The molecule has 8 nitrogen and oxygen atoms in total. The van der Waals surface area contributed by atoms with Crippen molar-refractivity contribution in [2.75, 3.05) is 0 Å². The molecule has 1 aliphatic carbocycles. The van der Waals surface area contributed by atoms with Gasteiger partial charge in [-0.3, -0.25) is 0 Å². The molecule has 1 rings (SSSR count). The lowest BCUT2D eigenvalue weighted by Gasteiger charge is -2.11. The quantitative estimate of drug-likeness (QED) is 0.305. The van der Waals surface area contributed by atoms with Crippen LogP contribution in [0.25, 0.3) is 0 Å². The van der Waals surface area contributed by atoms with Crippen LogP contribution in [0.4, 0.5) is 0 Å². The van der Waals surface area contributed by atoms with Gasteiger partial charge in [0.2, 0.25) is 0 Å². The van der Waals surface area contributed by atoms with Gasteiger partial charge in [-0.15, -0.1) is 0 Å². The van der Waals surface area contributed by atoms with Gasteiger partial charge in [-0.2, -0.15) is 0 Å². The summed E-state index contributed by atoms with van der Waals surface area (Å²) in [6.07, 6.45) is 5.35. The van der Waals surface area contributed by atoms with E-state index in [-0.39, 0.29) is 0 Å². The molecule has 16 heavy (non-hydrogen) atoms. The summed E-state index contributed by atoms with van der Waals surface area (Å²) in [7, 11) is 0. The summed E-state index contributed by atoms with van der Waals surface area (Å²) in [5.74, 6) is 0. The van der Waals surface area contributed by atoms with Crippen LogP contribution in [-0.2, 0) is 0 Å². The smallest absolute Gasteiger partial charge is 0.104 e. The van der Waals surface area contributed by atoms with Crippen molar-refractivity contribution in [1.29, 1.82) is 0 Å². The van der Waals surface area contributed by atoms with Gasteiger partial charge in [0.1, 0.15) is 11.4 Å². The lowest BCUT2D eigenvalue weighted by molar-refractivity contribution is 0.310. The minimum Gasteiger partial charge on any atom is -0.411 e. The number of oxime groups is 4. The normalized spacial score (nSPS) is 21.5. The molecule has 1 saturated carbocycles. The van der Waals surface area contributed by atoms with Gasteiger partial charge < -0.3 is 20.8 Å². The van der Waals surface area contributed by atoms with Crippen LogP contribution in [0.5, 0.6) is 0 Å². The molecule has 0 heterocycles. The zero-order valence-electron chi connectivity index (χ0n) is 8.56. The van der Waals surface area contributed by atoms with Crippen molar-refractivity contribution in [1.82, 2.24) is 0 Å². The minimum atomic E-state index is 0.522. The highest BCUT2D eigenvalue weighted by Gasteiger charge is 2.15. The lowest BCUT2D eigenvalue weighted by Crippen LogP contribution is -2.18. The molecule has 0 aromatic rings. The predicted octanol–water partition coefficient (Wildman–Crippen LogP) is 1.13. The highest BCUT2D eigenvalue weighted by atomic mass is 16.4. The highest BCUT2D eigenvalue weighted by Crippen LogP contribution is 2.12. The first-order valence-electron chi connectivity index (χ1n) is 4.55. The fourth-order valence-electron chi connectivity index (χ4n) is 1.15. The van der Waals surface area contributed by atoms with Crippen LogP contribution in [0.2, 0.25) is 0 Å². The van der Waals surface area contributed by atoms with Crippen LogP contribution < -0.4 is 0 Å². The van der Waals surface area contributed by atoms with E-state index in [1.54, 1.807) is 0 Å². The summed E-state index contributed by atoms with van der Waals surface area (Å²) in [5.41, 5.74) is 1.04. The molecule has 1 fully saturated rings. The molecular formula is C8H14N4O4. The maximum absolute atomic E-state index is 8.39. The van der Waals surface area contributed by atoms with E-state index in [1.165, 1.54) is 0 Å². The molecule has 1 aliphatic rings. The fourth-order valence-corrected chi connectivity index (χ4v) is 1.15. The first-order valence-corrected chi connectivity index (χ1v) is 4.55. The Labute approximate surface area is 91.9 Å². The summed E-state index contributed by atoms with van der Waals surface area (Å²) < 4.78 is 0. The average molecular weight is 230 g/mol. The monoisotopic (exact) mass is 230 g/mol. The third kappa shape index (κ3) is 5.58. The van der Waals surface area contributed by atoms with E-state index in [1.807, 2.05) is 0 Å². The van der Waals surface area contributed by atoms with E-state index < -0.39 is 0 Å². The number of hydrogen-bond acceptors (Lipinski definition) is 8. The van der Waals surface area contributed by atoms with Crippen molar-refractivity contribution in [3.63, 3.8) is 0 Å². The van der Waals surface area contributed by atoms with Crippen LogP contribution in [0.3, 0.4) is 0 Å². The molecule has 0 radical (unpaired) electrons. The summed E-state index contributed by atoms with van der Waals surface area (Å²) in [6, 6.07) is 0. The lowest BCUT2D eigenvalue weighted by atomic mass is 9.97. The predicted molar refractivity (Wildman–Crippen MR) is 57.5 cm³/mol. The van der Waals surface area contributed by atoms with Gasteiger partial charge in [0.05, 0.1) is 12.4 Å². The number of nitrogens with zero attached hydrogens (tertiary/aromatic N) is 4. The van der Waals surface area contributed by atoms with Crippen LogP contribution >= 0.6 is 0 Å². The third-order valence-electron chi connectivity index (χ3n) is 1.85. The van der Waals surface area contributed by atoms with Crippen molar-refractivity contribution in [3.8, 4) is 0 Å². The Morgan fingerprint density at radius 3 is 1.38 bits per heavy atom. The van der Waals surface area contributed by atoms with Gasteiger partial charge in [-0.25, -0.2) is 0 Å². The van der Waals surface area contributed by atoms with E-state index >= 15 is 0 Å². The van der Waals surface area contributed by atoms with E-state index in [0.717, 1.165) is 38.1 Å². The maximum atomic E-state index is 8.39. The second kappa shape index (κ2) is 9.44. The molecule has 8 heteroatoms. The molecule has 0 aliphatic heterocycles. The van der Waals surface area contributed by atoms with Crippen molar-refractivity contribution in [2.45, 2.75) is 25.7 Å². The molecule has 0 bridgehead atoms. The Morgan fingerprint density at radius 1 is 0.750 bits per heavy atom. The second-order valence-corrected chi connectivity index (χ2v) is 2.83. The summed E-state index contributed by atoms with van der Waals surface area (Å²) in [4.78, 5) is 0. The Kier molecular flexibility index (Phi) is 8.19. The SMILES string of the molecule is ON=C1CCCCC1=NO.ON=CC=NO. The highest BCUT2D eigenvalue weighted by molar-refractivity contribution is 6.42. The molecule has 0 aromatic carbocycles. The molecule has 0 aromatic heterocycles. The largest absolute Gasteiger partial charge is 0.411 e. The van der Waals surface area contributed by atoms with E-state index in [9.17, 15) is 0 Å². The number of hydrogen-bond donors (Lipinski definition) is 4. The van der Waals surface area contributed by atoms with Crippen LogP contribution in [-0.4, -0.2) is 44.7 Å². The zero-order chi connectivity index (χ0) is 12.2. The average Bonchev–Trinajstić information content (AvgIpc) is 2.36. The molecule has 0 atom stereocenters. The van der Waals surface area contributed by atoms with Crippen LogP contribution in [0.15, 0.2) is 20.6 Å². The van der Waals surface area contributed by atoms with Crippen LogP contribution in [0, 0.1) is 0 Å². The summed E-state index contributed by atoms with van der Waals surface area (Å²) in [5, 5.41) is 42.9. The summed E-state index contributed by atoms with van der Waals surface area (Å²) in [6.45, 7) is 0. The summed E-state index contributed by atoms with van der Waals surface area (Å²) >= 11 is 0. The Bertz CT molecular complexity index is 268. The maximum Gasteiger partial charge on any atom is 0.104 e. The van der Waals surface area contributed by atoms with Gasteiger partial charge in [-0.1, -0.05) is 20.6 Å². The van der Waals surface area contributed by atoms with Gasteiger partial charge in [0.25, 0.3) is 0 Å². The van der Waals surface area contributed by atoms with Gasteiger partial charge in [0.15, 0.2) is 0 Å². The second-order valence-electron chi connectivity index (χ2n) is 2.83. The van der Waals surface area contributed by atoms with Crippen molar-refractivity contribution in [2.24, 2.45) is 20.6 Å². The zero-order valence-corrected chi connectivity index (χ0v) is 8.56. The van der Waals surface area contributed by atoms with Gasteiger partial charge >= 0.3 is 0 Å². The molecular weight excluding hydrogens is 216 g/mol. The van der Waals surface area contributed by atoms with E-state index in [4.69, 9.17) is 20.8 Å². The first kappa shape index (κ1) is 13.9. The molecule has 0 unspecified atom stereocenters. The van der Waals surface area contributed by atoms with E-state index in [0.29, 0.717) is 11.4 Å². The van der Waals surface area contributed by atoms with Gasteiger partial charge in [-0.05, 0) is 25.7 Å². The fraction of sp³-hybridized carbons (Fsp3) is 0.500. The topological polar surface area (TPSA) is 130 Å². The molecule has 0 spiro atoms. The van der Waals surface area contributed by atoms with Crippen molar-refractivity contribution >= 4 is 23.9 Å². The van der Waals surface area contributed by atoms with Crippen LogP contribution in [0.1, 0.15) is 25.7 Å². The van der Waals surface area contributed by atoms with Gasteiger partial charge in [0, 0.05) is 0 Å². The Morgan fingerprint density at radius 2 is 1.12 bits per heavy atom. The third-order valence-corrected chi connectivity index (χ3v) is 1.85. The van der Waals surface area contributed by atoms with Crippen molar-refractivity contribution in [3.05, 3.63) is 0 Å². The first-order chi connectivity index (χ1) is 7.79. The molecule has 4 N–H and O–H groups in total. The Hall–Kier alpha value is -2.12.